The van der Waals surface area contributed by atoms with E-state index >= 15 is 0 Å². The lowest BCUT2D eigenvalue weighted by Crippen LogP contribution is -2.52. The smallest absolute Gasteiger partial charge is 0.336 e. The van der Waals surface area contributed by atoms with Crippen molar-refractivity contribution in [3.8, 4) is 5.75 Å². The van der Waals surface area contributed by atoms with Gasteiger partial charge in [-0.25, -0.2) is 9.59 Å². The molecule has 0 bridgehead atoms. The number of allylic oxidation sites excluding steroid dienone is 1. The van der Waals surface area contributed by atoms with E-state index in [-0.39, 0.29) is 17.9 Å². The first-order valence-electron chi connectivity index (χ1n) is 10.3. The molecular weight excluding hydrogens is 400 g/mol. The molecule has 0 saturated carbocycles. The summed E-state index contributed by atoms with van der Waals surface area (Å²) < 4.78 is 23.2. The predicted molar refractivity (Wildman–Crippen MR) is 115 cm³/mol. The van der Waals surface area contributed by atoms with Crippen molar-refractivity contribution in [2.75, 3.05) is 0 Å². The Labute approximate surface area is 181 Å². The van der Waals surface area contributed by atoms with Crippen LogP contribution in [-0.4, -0.2) is 23.6 Å². The van der Waals surface area contributed by atoms with Gasteiger partial charge >= 0.3 is 17.6 Å². The van der Waals surface area contributed by atoms with Crippen molar-refractivity contribution in [1.29, 1.82) is 0 Å². The Morgan fingerprint density at radius 3 is 2.48 bits per heavy atom. The molecule has 0 unspecified atom stereocenters. The minimum absolute atomic E-state index is 0.0949. The number of fused-ring (bicyclic) bond motifs is 3. The van der Waals surface area contributed by atoms with E-state index < -0.39 is 35.4 Å². The van der Waals surface area contributed by atoms with Crippen LogP contribution in [0.5, 0.6) is 5.75 Å². The van der Waals surface area contributed by atoms with Gasteiger partial charge in [-0.3, -0.25) is 4.79 Å². The molecule has 0 N–H and O–H groups in total. The number of benzene rings is 1. The maximum absolute atomic E-state index is 12.7. The highest BCUT2D eigenvalue weighted by Crippen LogP contribution is 2.46. The van der Waals surface area contributed by atoms with Crippen molar-refractivity contribution < 1.29 is 28.2 Å². The minimum atomic E-state index is -1.02. The van der Waals surface area contributed by atoms with Gasteiger partial charge in [0.25, 0.3) is 0 Å². The second kappa shape index (κ2) is 8.57. The maximum Gasteiger partial charge on any atom is 0.336 e. The Balaban J connectivity index is 2.18. The molecule has 31 heavy (non-hydrogen) atoms. The predicted octanol–water partition coefficient (Wildman–Crippen LogP) is 4.47. The van der Waals surface area contributed by atoms with E-state index in [4.69, 9.17) is 18.6 Å². The van der Waals surface area contributed by atoms with Gasteiger partial charge < -0.3 is 18.6 Å². The van der Waals surface area contributed by atoms with Crippen LogP contribution in [0.1, 0.15) is 59.6 Å². The molecule has 166 valence electrons. The zero-order chi connectivity index (χ0) is 22.9. The molecule has 3 rings (SSSR count). The standard InChI is InChI=1S/C24H28O7/c1-7-14(4)23(27)30-21-19-16(10-8-15-9-11-17(25)28-20(15)19)31-24(5,6)22(21)29-18(26)12-13(2)3/h7-11,13,21-22H,12H2,1-6H3/t21-,22-/m1/s1. The summed E-state index contributed by atoms with van der Waals surface area (Å²) >= 11 is 0. The average Bonchev–Trinajstić information content (AvgIpc) is 2.68. The first-order valence-corrected chi connectivity index (χ1v) is 10.3. The summed E-state index contributed by atoms with van der Waals surface area (Å²) in [6.07, 6.45) is -0.127. The van der Waals surface area contributed by atoms with E-state index in [1.54, 1.807) is 52.0 Å². The quantitative estimate of drug-likeness (QED) is 0.394. The van der Waals surface area contributed by atoms with Gasteiger partial charge in [0.05, 0.1) is 5.56 Å². The van der Waals surface area contributed by atoms with Gasteiger partial charge in [-0.1, -0.05) is 19.9 Å². The zero-order valence-corrected chi connectivity index (χ0v) is 18.7. The van der Waals surface area contributed by atoms with Crippen LogP contribution < -0.4 is 10.4 Å². The van der Waals surface area contributed by atoms with Crippen LogP contribution >= 0.6 is 0 Å². The molecule has 2 aromatic rings. The summed E-state index contributed by atoms with van der Waals surface area (Å²) in [6.45, 7) is 10.7. The summed E-state index contributed by atoms with van der Waals surface area (Å²) in [4.78, 5) is 37.2. The first kappa shape index (κ1) is 22.6. The lowest BCUT2D eigenvalue weighted by molar-refractivity contribution is -0.189. The summed E-state index contributed by atoms with van der Waals surface area (Å²) in [6, 6.07) is 6.42. The van der Waals surface area contributed by atoms with Crippen LogP contribution in [0.15, 0.2) is 45.1 Å². The Morgan fingerprint density at radius 2 is 1.84 bits per heavy atom. The third-order valence-electron chi connectivity index (χ3n) is 5.23. The summed E-state index contributed by atoms with van der Waals surface area (Å²) in [5, 5.41) is 0.637. The number of esters is 2. The van der Waals surface area contributed by atoms with Crippen LogP contribution in [0.2, 0.25) is 0 Å². The molecule has 7 heteroatoms. The summed E-state index contributed by atoms with van der Waals surface area (Å²) in [5.74, 6) is -0.488. The number of hydrogen-bond donors (Lipinski definition) is 0. The monoisotopic (exact) mass is 428 g/mol. The normalized spacial score (nSPS) is 20.2. The van der Waals surface area contributed by atoms with Crippen molar-refractivity contribution in [3.63, 3.8) is 0 Å². The first-order chi connectivity index (χ1) is 14.5. The van der Waals surface area contributed by atoms with Gasteiger partial charge in [-0.15, -0.1) is 0 Å². The minimum Gasteiger partial charge on any atom is -0.483 e. The van der Waals surface area contributed by atoms with Crippen molar-refractivity contribution in [2.24, 2.45) is 5.92 Å². The topological polar surface area (TPSA) is 92.0 Å². The summed E-state index contributed by atoms with van der Waals surface area (Å²) in [5.41, 5.74) is -0.541. The number of hydrogen-bond acceptors (Lipinski definition) is 7. The van der Waals surface area contributed by atoms with E-state index in [9.17, 15) is 14.4 Å². The van der Waals surface area contributed by atoms with Gasteiger partial charge in [-0.05, 0) is 51.8 Å². The lowest BCUT2D eigenvalue weighted by Gasteiger charge is -2.43. The molecule has 0 spiro atoms. The molecule has 1 aliphatic heterocycles. The van der Waals surface area contributed by atoms with E-state index in [0.717, 1.165) is 0 Å². The molecule has 0 radical (unpaired) electrons. The van der Waals surface area contributed by atoms with Crippen molar-refractivity contribution in [2.45, 2.75) is 65.8 Å². The molecule has 1 aliphatic rings. The SMILES string of the molecule is CC=C(C)C(=O)O[C@@H]1c2c(ccc3ccc(=O)oc23)OC(C)(C)[C@@H]1OC(=O)CC(C)C. The molecule has 1 aromatic carbocycles. The lowest BCUT2D eigenvalue weighted by atomic mass is 9.87. The highest BCUT2D eigenvalue weighted by Gasteiger charge is 2.50. The second-order valence-corrected chi connectivity index (χ2v) is 8.66. The average molecular weight is 428 g/mol. The van der Waals surface area contributed by atoms with Gasteiger partial charge in [0.1, 0.15) is 16.9 Å². The van der Waals surface area contributed by atoms with Crippen molar-refractivity contribution in [3.05, 3.63) is 51.9 Å². The third kappa shape index (κ3) is 4.65. The van der Waals surface area contributed by atoms with Crippen LogP contribution in [-0.2, 0) is 19.1 Å². The summed E-state index contributed by atoms with van der Waals surface area (Å²) in [7, 11) is 0. The highest BCUT2D eigenvalue weighted by molar-refractivity contribution is 5.89. The van der Waals surface area contributed by atoms with E-state index in [1.807, 2.05) is 13.8 Å². The molecule has 2 atom stereocenters. The zero-order valence-electron chi connectivity index (χ0n) is 18.7. The van der Waals surface area contributed by atoms with Crippen LogP contribution in [0, 0.1) is 5.92 Å². The molecule has 0 amide bonds. The second-order valence-electron chi connectivity index (χ2n) is 8.66. The van der Waals surface area contributed by atoms with Gasteiger partial charge in [0.2, 0.25) is 0 Å². The largest absolute Gasteiger partial charge is 0.483 e. The Hall–Kier alpha value is -3.09. The molecule has 2 heterocycles. The van der Waals surface area contributed by atoms with Crippen LogP contribution in [0.4, 0.5) is 0 Å². The number of carbonyl (C=O) groups is 2. The number of carbonyl (C=O) groups excluding carboxylic acids is 2. The van der Waals surface area contributed by atoms with Gasteiger partial charge in [-0.2, -0.15) is 0 Å². The Bertz CT molecular complexity index is 1090. The van der Waals surface area contributed by atoms with Crippen molar-refractivity contribution in [1.82, 2.24) is 0 Å². The van der Waals surface area contributed by atoms with Gasteiger partial charge in [0.15, 0.2) is 12.2 Å². The Kier molecular flexibility index (Phi) is 6.25. The van der Waals surface area contributed by atoms with Gasteiger partial charge in [0, 0.05) is 23.4 Å². The fourth-order valence-electron chi connectivity index (χ4n) is 3.53. The van der Waals surface area contributed by atoms with E-state index in [0.29, 0.717) is 22.3 Å². The highest BCUT2D eigenvalue weighted by atomic mass is 16.6. The molecule has 0 saturated heterocycles. The fraction of sp³-hybridized carbons (Fsp3) is 0.458. The molecule has 7 nitrogen and oxygen atoms in total. The third-order valence-corrected chi connectivity index (χ3v) is 5.23. The molecule has 0 aliphatic carbocycles. The number of ether oxygens (including phenoxy) is 3. The van der Waals surface area contributed by atoms with Crippen LogP contribution in [0.3, 0.4) is 0 Å². The molecule has 1 aromatic heterocycles. The fourth-order valence-corrected chi connectivity index (χ4v) is 3.53. The van der Waals surface area contributed by atoms with Crippen LogP contribution in [0.25, 0.3) is 11.0 Å². The van der Waals surface area contributed by atoms with Crippen molar-refractivity contribution >= 4 is 22.9 Å². The Morgan fingerprint density at radius 1 is 1.16 bits per heavy atom. The number of rotatable bonds is 5. The maximum atomic E-state index is 12.7. The van der Waals surface area contributed by atoms with E-state index in [1.165, 1.54) is 6.07 Å². The molecule has 0 fully saturated rings. The molecular formula is C24H28O7. The van der Waals surface area contributed by atoms with E-state index in [2.05, 4.69) is 0 Å².